The summed E-state index contributed by atoms with van der Waals surface area (Å²) in [5.74, 6) is -0.794. The first kappa shape index (κ1) is 26.6. The predicted octanol–water partition coefficient (Wildman–Crippen LogP) is 6.30. The van der Waals surface area contributed by atoms with Gasteiger partial charge in [-0.1, -0.05) is 54.1 Å². The molecule has 1 saturated heterocycles. The number of imide groups is 2. The predicted molar refractivity (Wildman–Crippen MR) is 148 cm³/mol. The molecule has 0 saturated carbocycles. The van der Waals surface area contributed by atoms with Crippen molar-refractivity contribution in [3.05, 3.63) is 130 Å². The molecule has 0 aliphatic carbocycles. The number of barbiturate groups is 1. The van der Waals surface area contributed by atoms with Crippen LogP contribution in [0.15, 0.2) is 103 Å². The first-order chi connectivity index (χ1) is 19.4. The number of nitrogens with zero attached hydrogens (tertiary/aromatic N) is 1. The van der Waals surface area contributed by atoms with E-state index in [-0.39, 0.29) is 30.3 Å². The van der Waals surface area contributed by atoms with Crippen molar-refractivity contribution >= 4 is 41.2 Å². The van der Waals surface area contributed by atoms with Crippen LogP contribution in [-0.2, 0) is 22.8 Å². The molecule has 0 unspecified atom stereocenters. The highest BCUT2D eigenvalue weighted by atomic mass is 35.5. The minimum Gasteiger partial charge on any atom is -0.489 e. The number of halogens is 2. The number of carbonyl (C=O) groups is 3. The van der Waals surface area contributed by atoms with Crippen molar-refractivity contribution < 1.29 is 28.2 Å². The first-order valence-electron chi connectivity index (χ1n) is 12.2. The Morgan fingerprint density at radius 2 is 1.40 bits per heavy atom. The van der Waals surface area contributed by atoms with E-state index >= 15 is 0 Å². The van der Waals surface area contributed by atoms with E-state index in [9.17, 15) is 18.8 Å². The van der Waals surface area contributed by atoms with Crippen LogP contribution in [0.2, 0.25) is 5.02 Å². The zero-order valence-corrected chi connectivity index (χ0v) is 21.7. The quantitative estimate of drug-likeness (QED) is 0.203. The second-order valence-electron chi connectivity index (χ2n) is 8.82. The van der Waals surface area contributed by atoms with Crippen molar-refractivity contribution in [1.82, 2.24) is 5.32 Å². The summed E-state index contributed by atoms with van der Waals surface area (Å²) in [6.45, 7) is 0.502. The van der Waals surface area contributed by atoms with Gasteiger partial charge in [-0.05, 0) is 71.8 Å². The number of anilines is 1. The number of rotatable bonds is 8. The maximum atomic E-state index is 13.2. The lowest BCUT2D eigenvalue weighted by Gasteiger charge is -2.26. The van der Waals surface area contributed by atoms with Crippen LogP contribution < -0.4 is 19.7 Å². The Morgan fingerprint density at radius 3 is 2.08 bits per heavy atom. The van der Waals surface area contributed by atoms with Crippen LogP contribution in [0.3, 0.4) is 0 Å². The SMILES string of the molecule is O=C1NC(=O)N(c2ccc(OCc3ccccc3Cl)cc2)C(=O)/C1=C/c1ccc(OCc2ccc(F)cc2)cc1. The lowest BCUT2D eigenvalue weighted by molar-refractivity contribution is -0.122. The molecule has 9 heteroatoms. The Hall–Kier alpha value is -4.95. The van der Waals surface area contributed by atoms with E-state index in [1.165, 1.54) is 18.2 Å². The highest BCUT2D eigenvalue weighted by Crippen LogP contribution is 2.26. The smallest absolute Gasteiger partial charge is 0.335 e. The number of amides is 4. The van der Waals surface area contributed by atoms with Crippen molar-refractivity contribution in [1.29, 1.82) is 0 Å². The van der Waals surface area contributed by atoms with Gasteiger partial charge in [0.15, 0.2) is 0 Å². The summed E-state index contributed by atoms with van der Waals surface area (Å²) in [5.41, 5.74) is 2.26. The van der Waals surface area contributed by atoms with Crippen molar-refractivity contribution in [2.45, 2.75) is 13.2 Å². The third kappa shape index (κ3) is 6.19. The summed E-state index contributed by atoms with van der Waals surface area (Å²) < 4.78 is 24.5. The van der Waals surface area contributed by atoms with Gasteiger partial charge in [0.25, 0.3) is 11.8 Å². The summed E-state index contributed by atoms with van der Waals surface area (Å²) in [7, 11) is 0. The van der Waals surface area contributed by atoms with E-state index < -0.39 is 17.8 Å². The topological polar surface area (TPSA) is 84.9 Å². The lowest BCUT2D eigenvalue weighted by atomic mass is 10.1. The lowest BCUT2D eigenvalue weighted by Crippen LogP contribution is -2.54. The molecule has 0 radical (unpaired) electrons. The van der Waals surface area contributed by atoms with Crippen molar-refractivity contribution in [3.63, 3.8) is 0 Å². The number of carbonyl (C=O) groups excluding carboxylic acids is 3. The van der Waals surface area contributed by atoms with Crippen molar-refractivity contribution in [2.75, 3.05) is 4.90 Å². The van der Waals surface area contributed by atoms with E-state index in [2.05, 4.69) is 5.32 Å². The summed E-state index contributed by atoms with van der Waals surface area (Å²) in [6.07, 6.45) is 1.40. The molecule has 1 aliphatic rings. The third-order valence-corrected chi connectivity index (χ3v) is 6.43. The van der Waals surface area contributed by atoms with E-state index in [0.717, 1.165) is 16.0 Å². The Morgan fingerprint density at radius 1 is 0.775 bits per heavy atom. The minimum absolute atomic E-state index is 0.196. The number of nitrogens with one attached hydrogen (secondary N) is 1. The zero-order valence-electron chi connectivity index (χ0n) is 21.0. The van der Waals surface area contributed by atoms with Crippen LogP contribution in [0.1, 0.15) is 16.7 Å². The molecule has 1 fully saturated rings. The molecular formula is C31H22ClFN2O5. The van der Waals surface area contributed by atoms with Gasteiger partial charge < -0.3 is 9.47 Å². The molecular weight excluding hydrogens is 535 g/mol. The van der Waals surface area contributed by atoms with E-state index in [1.54, 1.807) is 66.7 Å². The van der Waals surface area contributed by atoms with Gasteiger partial charge in [-0.25, -0.2) is 14.1 Å². The van der Waals surface area contributed by atoms with Crippen LogP contribution in [0.25, 0.3) is 6.08 Å². The number of ether oxygens (including phenoxy) is 2. The number of benzene rings is 4. The molecule has 0 spiro atoms. The second-order valence-corrected chi connectivity index (χ2v) is 9.22. The summed E-state index contributed by atoms with van der Waals surface area (Å²) in [4.78, 5) is 39.2. The number of hydrogen-bond acceptors (Lipinski definition) is 5. The monoisotopic (exact) mass is 556 g/mol. The Kier molecular flexibility index (Phi) is 7.89. The molecule has 0 bridgehead atoms. The normalized spacial score (nSPS) is 14.3. The minimum atomic E-state index is -0.846. The highest BCUT2D eigenvalue weighted by Gasteiger charge is 2.36. The van der Waals surface area contributed by atoms with E-state index in [0.29, 0.717) is 22.1 Å². The standard InChI is InChI=1S/C31H22ClFN2O5/c32-28-4-2-1-3-22(28)19-40-26-15-11-24(12-16-26)35-30(37)27(29(36)34-31(35)38)17-20-7-13-25(14-8-20)39-18-21-5-9-23(33)10-6-21/h1-17H,18-19H2,(H,34,36,38)/b27-17+. The average Bonchev–Trinajstić information content (AvgIpc) is 2.96. The first-order valence-corrected chi connectivity index (χ1v) is 12.6. The van der Waals surface area contributed by atoms with Gasteiger partial charge in [0.1, 0.15) is 36.1 Å². The van der Waals surface area contributed by atoms with E-state index in [4.69, 9.17) is 21.1 Å². The fourth-order valence-electron chi connectivity index (χ4n) is 3.93. The highest BCUT2D eigenvalue weighted by molar-refractivity contribution is 6.39. The Balaban J connectivity index is 1.26. The molecule has 0 atom stereocenters. The Labute approximate surface area is 234 Å². The van der Waals surface area contributed by atoms with Crippen LogP contribution in [0, 0.1) is 5.82 Å². The van der Waals surface area contributed by atoms with Gasteiger partial charge >= 0.3 is 6.03 Å². The maximum Gasteiger partial charge on any atom is 0.335 e. The van der Waals surface area contributed by atoms with Crippen LogP contribution >= 0.6 is 11.6 Å². The number of urea groups is 1. The largest absolute Gasteiger partial charge is 0.489 e. The van der Waals surface area contributed by atoms with Crippen LogP contribution in [0.5, 0.6) is 11.5 Å². The van der Waals surface area contributed by atoms with Gasteiger partial charge in [0, 0.05) is 10.6 Å². The molecule has 4 aromatic carbocycles. The van der Waals surface area contributed by atoms with Crippen molar-refractivity contribution in [3.8, 4) is 11.5 Å². The fraction of sp³-hybridized carbons (Fsp3) is 0.0645. The Bertz CT molecular complexity index is 1590. The molecule has 200 valence electrons. The van der Waals surface area contributed by atoms with E-state index in [1.807, 2.05) is 18.2 Å². The molecule has 1 aliphatic heterocycles. The molecule has 7 nitrogen and oxygen atoms in total. The van der Waals surface area contributed by atoms with Gasteiger partial charge in [-0.15, -0.1) is 0 Å². The van der Waals surface area contributed by atoms with Gasteiger partial charge in [-0.2, -0.15) is 0 Å². The second kappa shape index (κ2) is 11.8. The van der Waals surface area contributed by atoms with Gasteiger partial charge in [-0.3, -0.25) is 14.9 Å². The van der Waals surface area contributed by atoms with Gasteiger partial charge in [0.2, 0.25) is 0 Å². The fourth-order valence-corrected chi connectivity index (χ4v) is 4.12. The molecule has 5 rings (SSSR count). The van der Waals surface area contributed by atoms with Gasteiger partial charge in [0.05, 0.1) is 5.69 Å². The zero-order chi connectivity index (χ0) is 28.1. The molecule has 4 aromatic rings. The maximum absolute atomic E-state index is 13.2. The average molecular weight is 557 g/mol. The molecule has 1 heterocycles. The van der Waals surface area contributed by atoms with Crippen molar-refractivity contribution in [2.24, 2.45) is 0 Å². The third-order valence-electron chi connectivity index (χ3n) is 6.06. The summed E-state index contributed by atoms with van der Waals surface area (Å²) in [6, 6.07) is 25.5. The van der Waals surface area contributed by atoms with Crippen LogP contribution in [0.4, 0.5) is 14.9 Å². The molecule has 1 N–H and O–H groups in total. The molecule has 0 aromatic heterocycles. The van der Waals surface area contributed by atoms with Crippen LogP contribution in [-0.4, -0.2) is 17.8 Å². The number of hydrogen-bond donors (Lipinski definition) is 1. The molecule has 4 amide bonds. The summed E-state index contributed by atoms with van der Waals surface area (Å²) in [5, 5.41) is 2.80. The summed E-state index contributed by atoms with van der Waals surface area (Å²) >= 11 is 6.16. The molecule has 40 heavy (non-hydrogen) atoms.